The smallest absolute Gasteiger partial charge is 0.305 e. The van der Waals surface area contributed by atoms with Gasteiger partial charge in [-0.2, -0.15) is 18.3 Å². The van der Waals surface area contributed by atoms with Crippen molar-refractivity contribution in [2.45, 2.75) is 13.1 Å². The highest BCUT2D eigenvalue weighted by atomic mass is 19.4. The first-order chi connectivity index (χ1) is 11.9. The lowest BCUT2D eigenvalue weighted by molar-refractivity contribution is -0.140. The summed E-state index contributed by atoms with van der Waals surface area (Å²) in [6.07, 6.45) is -4.62. The molecule has 0 unspecified atom stereocenters. The maximum Gasteiger partial charge on any atom is 0.433 e. The van der Waals surface area contributed by atoms with Crippen LogP contribution < -0.4 is 5.32 Å². The molecular formula is C18H14F3N3O. The minimum absolute atomic E-state index is 0.163. The molecule has 128 valence electrons. The van der Waals surface area contributed by atoms with Crippen molar-refractivity contribution >= 4 is 11.7 Å². The summed E-state index contributed by atoms with van der Waals surface area (Å²) in [4.78, 5) is 12.3. The summed E-state index contributed by atoms with van der Waals surface area (Å²) >= 11 is 0. The first-order valence-electron chi connectivity index (χ1n) is 7.45. The fraction of sp³-hybridized carbons (Fsp3) is 0.111. The van der Waals surface area contributed by atoms with Gasteiger partial charge in [0.2, 0.25) is 0 Å². The topological polar surface area (TPSA) is 57.8 Å². The van der Waals surface area contributed by atoms with Crippen LogP contribution in [0.1, 0.15) is 21.6 Å². The Labute approximate surface area is 141 Å². The molecule has 0 aliphatic heterocycles. The molecule has 1 amide bonds. The Morgan fingerprint density at radius 1 is 1.04 bits per heavy atom. The zero-order valence-electron chi connectivity index (χ0n) is 13.2. The van der Waals surface area contributed by atoms with Gasteiger partial charge < -0.3 is 5.32 Å². The van der Waals surface area contributed by atoms with Gasteiger partial charge in [0.1, 0.15) is 5.69 Å². The van der Waals surface area contributed by atoms with E-state index in [1.807, 2.05) is 12.0 Å². The monoisotopic (exact) mass is 345 g/mol. The molecule has 0 saturated carbocycles. The highest BCUT2D eigenvalue weighted by Gasteiger charge is 2.38. The fourth-order valence-corrected chi connectivity index (χ4v) is 2.41. The zero-order chi connectivity index (χ0) is 18.0. The molecule has 0 atom stereocenters. The molecule has 3 aromatic rings. The average molecular weight is 345 g/mol. The van der Waals surface area contributed by atoms with Crippen LogP contribution in [0.5, 0.6) is 0 Å². The van der Waals surface area contributed by atoms with Crippen LogP contribution in [0.15, 0.2) is 54.6 Å². The largest absolute Gasteiger partial charge is 0.433 e. The molecule has 3 rings (SSSR count). The summed E-state index contributed by atoms with van der Waals surface area (Å²) in [5.74, 6) is -0.693. The molecule has 1 aromatic heterocycles. The number of H-pyrrole nitrogens is 1. The van der Waals surface area contributed by atoms with Crippen molar-refractivity contribution in [1.29, 1.82) is 0 Å². The normalized spacial score (nSPS) is 11.4. The third-order valence-corrected chi connectivity index (χ3v) is 3.66. The summed E-state index contributed by atoms with van der Waals surface area (Å²) in [6, 6.07) is 14.7. The predicted octanol–water partition coefficient (Wildman–Crippen LogP) is 4.66. The van der Waals surface area contributed by atoms with Crippen LogP contribution in [0, 0.1) is 6.92 Å². The molecule has 0 fully saturated rings. The Hall–Kier alpha value is -3.09. The molecule has 0 aliphatic rings. The number of nitrogens with one attached hydrogen (secondary N) is 2. The van der Waals surface area contributed by atoms with E-state index in [0.29, 0.717) is 11.1 Å². The number of carbonyl (C=O) groups excluding carboxylic acids is 1. The fourth-order valence-electron chi connectivity index (χ4n) is 2.41. The lowest BCUT2D eigenvalue weighted by Crippen LogP contribution is -2.13. The van der Waals surface area contributed by atoms with Crippen LogP contribution in [-0.2, 0) is 6.18 Å². The van der Waals surface area contributed by atoms with Crippen molar-refractivity contribution in [3.05, 3.63) is 71.4 Å². The first kappa shape index (κ1) is 16.8. The van der Waals surface area contributed by atoms with Gasteiger partial charge in [0.25, 0.3) is 5.91 Å². The number of aryl methyl sites for hydroxylation is 1. The Balaban J connectivity index is 2.00. The first-order valence-corrected chi connectivity index (χ1v) is 7.45. The van der Waals surface area contributed by atoms with E-state index in [0.717, 1.165) is 5.56 Å². The lowest BCUT2D eigenvalue weighted by Gasteiger charge is -2.10. The second-order valence-corrected chi connectivity index (χ2v) is 5.51. The van der Waals surface area contributed by atoms with E-state index in [-0.39, 0.29) is 11.4 Å². The SMILES string of the molecule is Cc1ccc(C(=O)Nc2n[nH]c(C(F)(F)F)c2-c2ccccc2)cc1. The number of benzene rings is 2. The van der Waals surface area contributed by atoms with Gasteiger partial charge in [-0.15, -0.1) is 0 Å². The van der Waals surface area contributed by atoms with Crippen molar-refractivity contribution < 1.29 is 18.0 Å². The van der Waals surface area contributed by atoms with E-state index in [1.165, 1.54) is 12.1 Å². The summed E-state index contributed by atoms with van der Waals surface area (Å²) in [7, 11) is 0. The van der Waals surface area contributed by atoms with Crippen LogP contribution in [0.3, 0.4) is 0 Å². The van der Waals surface area contributed by atoms with Gasteiger partial charge >= 0.3 is 6.18 Å². The van der Waals surface area contributed by atoms with Gasteiger partial charge in [0.05, 0.1) is 5.56 Å². The molecule has 1 heterocycles. The van der Waals surface area contributed by atoms with Gasteiger partial charge in [0.15, 0.2) is 5.82 Å². The molecule has 0 aliphatic carbocycles. The van der Waals surface area contributed by atoms with Crippen LogP contribution in [-0.4, -0.2) is 16.1 Å². The molecule has 25 heavy (non-hydrogen) atoms. The summed E-state index contributed by atoms with van der Waals surface area (Å²) in [5, 5.41) is 8.11. The predicted molar refractivity (Wildman–Crippen MR) is 88.2 cm³/mol. The number of anilines is 1. The maximum absolute atomic E-state index is 13.3. The number of amides is 1. The van der Waals surface area contributed by atoms with E-state index in [9.17, 15) is 18.0 Å². The van der Waals surface area contributed by atoms with E-state index >= 15 is 0 Å². The number of carbonyl (C=O) groups is 1. The minimum Gasteiger partial charge on any atom is -0.305 e. The van der Waals surface area contributed by atoms with Crippen molar-refractivity contribution in [3.8, 4) is 11.1 Å². The van der Waals surface area contributed by atoms with E-state index in [1.54, 1.807) is 42.5 Å². The molecule has 2 aromatic carbocycles. The number of halogens is 3. The molecular weight excluding hydrogens is 331 g/mol. The van der Waals surface area contributed by atoms with Crippen LogP contribution in [0.2, 0.25) is 0 Å². The lowest BCUT2D eigenvalue weighted by atomic mass is 10.0. The molecule has 2 N–H and O–H groups in total. The Morgan fingerprint density at radius 3 is 2.28 bits per heavy atom. The molecule has 0 bridgehead atoms. The second-order valence-electron chi connectivity index (χ2n) is 5.51. The van der Waals surface area contributed by atoms with E-state index < -0.39 is 17.8 Å². The number of alkyl halides is 3. The van der Waals surface area contributed by atoms with Gasteiger partial charge in [-0.3, -0.25) is 9.89 Å². The number of hydrogen-bond donors (Lipinski definition) is 2. The highest BCUT2D eigenvalue weighted by Crippen LogP contribution is 2.39. The number of rotatable bonds is 3. The van der Waals surface area contributed by atoms with Gasteiger partial charge in [-0.05, 0) is 24.6 Å². The van der Waals surface area contributed by atoms with Crippen molar-refractivity contribution in [2.24, 2.45) is 0 Å². The van der Waals surface area contributed by atoms with Crippen LogP contribution >= 0.6 is 0 Å². The van der Waals surface area contributed by atoms with Crippen molar-refractivity contribution in [3.63, 3.8) is 0 Å². The third-order valence-electron chi connectivity index (χ3n) is 3.66. The quantitative estimate of drug-likeness (QED) is 0.725. The Bertz CT molecular complexity index is 884. The average Bonchev–Trinajstić information content (AvgIpc) is 3.00. The molecule has 0 saturated heterocycles. The molecule has 7 heteroatoms. The van der Waals surface area contributed by atoms with E-state index in [4.69, 9.17) is 0 Å². The molecule has 4 nitrogen and oxygen atoms in total. The Kier molecular flexibility index (Phi) is 4.31. The summed E-state index contributed by atoms with van der Waals surface area (Å²) in [6.45, 7) is 1.87. The Morgan fingerprint density at radius 2 is 1.68 bits per heavy atom. The van der Waals surface area contributed by atoms with Gasteiger partial charge in [-0.25, -0.2) is 0 Å². The van der Waals surface area contributed by atoms with Crippen LogP contribution in [0.25, 0.3) is 11.1 Å². The maximum atomic E-state index is 13.3. The van der Waals surface area contributed by atoms with Crippen molar-refractivity contribution in [2.75, 3.05) is 5.32 Å². The van der Waals surface area contributed by atoms with Crippen molar-refractivity contribution in [1.82, 2.24) is 10.2 Å². The number of hydrogen-bond acceptors (Lipinski definition) is 2. The van der Waals surface area contributed by atoms with E-state index in [2.05, 4.69) is 10.4 Å². The zero-order valence-corrected chi connectivity index (χ0v) is 13.2. The standard InChI is InChI=1S/C18H14F3N3O/c1-11-7-9-13(10-8-11)17(25)22-16-14(12-5-3-2-4-6-12)15(23-24-16)18(19,20)21/h2-10H,1H3,(H2,22,23,24,25). The summed E-state index contributed by atoms with van der Waals surface area (Å²) in [5.41, 5.74) is 0.427. The summed E-state index contributed by atoms with van der Waals surface area (Å²) < 4.78 is 39.8. The molecule has 0 spiro atoms. The number of nitrogens with zero attached hydrogens (tertiary/aromatic N) is 1. The minimum atomic E-state index is -4.62. The van der Waals surface area contributed by atoms with Crippen LogP contribution in [0.4, 0.5) is 19.0 Å². The number of aromatic amines is 1. The second kappa shape index (κ2) is 6.43. The third kappa shape index (κ3) is 3.55. The van der Waals surface area contributed by atoms with Gasteiger partial charge in [-0.1, -0.05) is 48.0 Å². The molecule has 0 radical (unpaired) electrons. The van der Waals surface area contributed by atoms with Gasteiger partial charge in [0, 0.05) is 5.56 Å². The highest BCUT2D eigenvalue weighted by molar-refractivity contribution is 6.05. The number of aromatic nitrogens is 2.